The monoisotopic (exact) mass is 283 g/mol. The quantitative estimate of drug-likeness (QED) is 0.421. The summed E-state index contributed by atoms with van der Waals surface area (Å²) in [6, 6.07) is 10.3. The van der Waals surface area contributed by atoms with E-state index in [1.54, 1.807) is 6.20 Å². The van der Waals surface area contributed by atoms with Crippen LogP contribution in [0, 0.1) is 0 Å². The van der Waals surface area contributed by atoms with Gasteiger partial charge in [0.05, 0.1) is 11.6 Å². The topological polar surface area (TPSA) is 105 Å². The maximum Gasteiger partial charge on any atom is 0.241 e. The van der Waals surface area contributed by atoms with E-state index in [4.69, 9.17) is 5.84 Å². The number of hydrogen-bond donors (Lipinski definition) is 4. The molecule has 2 aromatic heterocycles. The highest BCUT2D eigenvalue weighted by Crippen LogP contribution is 2.21. The van der Waals surface area contributed by atoms with Gasteiger partial charge in [-0.05, 0) is 11.5 Å². The van der Waals surface area contributed by atoms with E-state index in [2.05, 4.69) is 50.0 Å². The number of hydrazine groups is 1. The summed E-state index contributed by atoms with van der Waals surface area (Å²) in [6.07, 6.45) is 1.70. The summed E-state index contributed by atoms with van der Waals surface area (Å²) in [5.41, 5.74) is 4.38. The summed E-state index contributed by atoms with van der Waals surface area (Å²) in [5.74, 6) is 6.81. The van der Waals surface area contributed by atoms with Crippen LogP contribution in [0.2, 0.25) is 0 Å². The van der Waals surface area contributed by atoms with Crippen LogP contribution in [-0.4, -0.2) is 26.7 Å². The fourth-order valence-electron chi connectivity index (χ4n) is 2.18. The molecule has 0 aliphatic rings. The molecule has 7 nitrogen and oxygen atoms in total. The number of fused-ring (bicyclic) bond motifs is 1. The summed E-state index contributed by atoms with van der Waals surface area (Å²) in [5, 5.41) is 11.0. The first-order chi connectivity index (χ1) is 10.3. The lowest BCUT2D eigenvalue weighted by Gasteiger charge is -2.14. The fourth-order valence-corrected chi connectivity index (χ4v) is 2.18. The van der Waals surface area contributed by atoms with Gasteiger partial charge in [0.1, 0.15) is 5.82 Å². The number of hydrogen-bond acceptors (Lipinski definition) is 6. The van der Waals surface area contributed by atoms with Crippen molar-refractivity contribution in [2.45, 2.75) is 12.8 Å². The fraction of sp³-hybridized carbons (Fsp3) is 0.214. The zero-order valence-electron chi connectivity index (χ0n) is 11.7. The molecule has 0 radical (unpaired) electrons. The number of benzene rings is 1. The second kappa shape index (κ2) is 5.76. The normalized spacial score (nSPS) is 12.3. The Labute approximate surface area is 122 Å². The Balaban J connectivity index is 1.80. The average Bonchev–Trinajstić information content (AvgIpc) is 3.01. The van der Waals surface area contributed by atoms with Crippen LogP contribution in [0.3, 0.4) is 0 Å². The van der Waals surface area contributed by atoms with Crippen LogP contribution in [-0.2, 0) is 0 Å². The minimum Gasteiger partial charge on any atom is -0.369 e. The third-order valence-corrected chi connectivity index (χ3v) is 3.38. The van der Waals surface area contributed by atoms with Crippen molar-refractivity contribution in [3.05, 3.63) is 42.1 Å². The van der Waals surface area contributed by atoms with Gasteiger partial charge < -0.3 is 5.32 Å². The molecule has 5 N–H and O–H groups in total. The average molecular weight is 283 g/mol. The number of nitrogen functional groups attached to an aromatic ring is 1. The lowest BCUT2D eigenvalue weighted by Crippen LogP contribution is -2.14. The smallest absolute Gasteiger partial charge is 0.241 e. The van der Waals surface area contributed by atoms with Gasteiger partial charge in [0.2, 0.25) is 5.95 Å². The molecule has 3 aromatic rings. The minimum absolute atomic E-state index is 0.349. The van der Waals surface area contributed by atoms with Gasteiger partial charge in [0, 0.05) is 6.54 Å². The van der Waals surface area contributed by atoms with Gasteiger partial charge in [0.25, 0.3) is 0 Å². The Morgan fingerprint density at radius 1 is 1.24 bits per heavy atom. The summed E-state index contributed by atoms with van der Waals surface area (Å²) < 4.78 is 0. The van der Waals surface area contributed by atoms with Crippen molar-refractivity contribution in [1.82, 2.24) is 20.2 Å². The summed E-state index contributed by atoms with van der Waals surface area (Å²) in [7, 11) is 0. The number of aromatic nitrogens is 4. The van der Waals surface area contributed by atoms with E-state index in [9.17, 15) is 0 Å². The highest BCUT2D eigenvalue weighted by Gasteiger charge is 2.11. The maximum absolute atomic E-state index is 5.39. The second-order valence-electron chi connectivity index (χ2n) is 4.87. The zero-order chi connectivity index (χ0) is 14.7. The molecule has 3 rings (SSSR count). The van der Waals surface area contributed by atoms with Crippen LogP contribution in [0.25, 0.3) is 11.0 Å². The van der Waals surface area contributed by atoms with Crippen molar-refractivity contribution in [1.29, 1.82) is 0 Å². The maximum atomic E-state index is 5.39. The van der Waals surface area contributed by atoms with E-state index in [-0.39, 0.29) is 0 Å². The van der Waals surface area contributed by atoms with E-state index in [0.717, 1.165) is 11.9 Å². The molecule has 0 saturated carbocycles. The minimum atomic E-state index is 0.349. The molecule has 21 heavy (non-hydrogen) atoms. The standard InChI is InChI=1S/C14H17N7/c1-9(10-5-3-2-4-6-10)7-16-12-11-8-17-21-13(11)19-14(18-12)20-15/h2-6,8-9H,7,15H2,1H3,(H3,16,17,18,19,20,21). The molecule has 7 heteroatoms. The Morgan fingerprint density at radius 2 is 2.05 bits per heavy atom. The van der Waals surface area contributed by atoms with Crippen LogP contribution in [0.5, 0.6) is 0 Å². The molecule has 0 saturated heterocycles. The predicted octanol–water partition coefficient (Wildman–Crippen LogP) is 1.85. The van der Waals surface area contributed by atoms with Crippen molar-refractivity contribution in [2.24, 2.45) is 5.84 Å². The summed E-state index contributed by atoms with van der Waals surface area (Å²) in [4.78, 5) is 8.53. The molecular weight excluding hydrogens is 266 g/mol. The van der Waals surface area contributed by atoms with Crippen molar-refractivity contribution < 1.29 is 0 Å². The number of rotatable bonds is 5. The van der Waals surface area contributed by atoms with Crippen molar-refractivity contribution >= 4 is 22.8 Å². The van der Waals surface area contributed by atoms with Crippen molar-refractivity contribution in [3.63, 3.8) is 0 Å². The number of H-pyrrole nitrogens is 1. The first kappa shape index (κ1) is 13.3. The van der Waals surface area contributed by atoms with Crippen LogP contribution < -0.4 is 16.6 Å². The number of nitrogens with two attached hydrogens (primary N) is 1. The Morgan fingerprint density at radius 3 is 2.81 bits per heavy atom. The molecule has 108 valence electrons. The molecule has 1 aromatic carbocycles. The molecule has 0 aliphatic heterocycles. The molecule has 1 atom stereocenters. The van der Waals surface area contributed by atoms with Crippen LogP contribution in [0.1, 0.15) is 18.4 Å². The van der Waals surface area contributed by atoms with Crippen LogP contribution >= 0.6 is 0 Å². The van der Waals surface area contributed by atoms with E-state index >= 15 is 0 Å². The molecule has 1 unspecified atom stereocenters. The third-order valence-electron chi connectivity index (χ3n) is 3.38. The summed E-state index contributed by atoms with van der Waals surface area (Å²) in [6.45, 7) is 2.92. The van der Waals surface area contributed by atoms with Crippen molar-refractivity contribution in [3.8, 4) is 0 Å². The van der Waals surface area contributed by atoms with Crippen LogP contribution in [0.15, 0.2) is 36.5 Å². The predicted molar refractivity (Wildman–Crippen MR) is 82.8 cm³/mol. The van der Waals surface area contributed by atoms with Gasteiger partial charge in [-0.3, -0.25) is 10.5 Å². The van der Waals surface area contributed by atoms with E-state index < -0.39 is 0 Å². The highest BCUT2D eigenvalue weighted by molar-refractivity contribution is 5.86. The van der Waals surface area contributed by atoms with Crippen molar-refractivity contribution in [2.75, 3.05) is 17.3 Å². The van der Waals surface area contributed by atoms with Gasteiger partial charge in [-0.2, -0.15) is 15.1 Å². The Bertz CT molecular complexity index is 723. The van der Waals surface area contributed by atoms with E-state index in [0.29, 0.717) is 23.3 Å². The molecule has 0 aliphatic carbocycles. The number of anilines is 2. The molecule has 0 spiro atoms. The number of aromatic amines is 1. The van der Waals surface area contributed by atoms with E-state index in [1.807, 2.05) is 18.2 Å². The van der Waals surface area contributed by atoms with Gasteiger partial charge in [-0.15, -0.1) is 0 Å². The highest BCUT2D eigenvalue weighted by atomic mass is 15.3. The molecule has 0 fully saturated rings. The lowest BCUT2D eigenvalue weighted by molar-refractivity contribution is 0.802. The van der Waals surface area contributed by atoms with Crippen LogP contribution in [0.4, 0.5) is 11.8 Å². The lowest BCUT2D eigenvalue weighted by atomic mass is 10.0. The van der Waals surface area contributed by atoms with Gasteiger partial charge >= 0.3 is 0 Å². The third kappa shape index (κ3) is 2.77. The second-order valence-corrected chi connectivity index (χ2v) is 4.87. The molecule has 0 amide bonds. The SMILES string of the molecule is CC(CNc1nc(NN)nc2[nH]ncc12)c1ccccc1. The first-order valence-electron chi connectivity index (χ1n) is 6.74. The molecular formula is C14H17N7. The summed E-state index contributed by atoms with van der Waals surface area (Å²) >= 11 is 0. The first-order valence-corrected chi connectivity index (χ1v) is 6.74. The zero-order valence-corrected chi connectivity index (χ0v) is 11.7. The van der Waals surface area contributed by atoms with Gasteiger partial charge in [-0.1, -0.05) is 37.3 Å². The Kier molecular flexibility index (Phi) is 3.65. The molecule has 0 bridgehead atoms. The number of nitrogens with one attached hydrogen (secondary N) is 3. The van der Waals surface area contributed by atoms with Gasteiger partial charge in [0.15, 0.2) is 5.65 Å². The number of nitrogens with zero attached hydrogens (tertiary/aromatic N) is 3. The molecule has 2 heterocycles. The Hall–Kier alpha value is -2.67. The largest absolute Gasteiger partial charge is 0.369 e. The van der Waals surface area contributed by atoms with E-state index in [1.165, 1.54) is 5.56 Å². The van der Waals surface area contributed by atoms with Gasteiger partial charge in [-0.25, -0.2) is 5.84 Å².